The lowest BCUT2D eigenvalue weighted by atomic mass is 9.79. The van der Waals surface area contributed by atoms with Crippen LogP contribution in [0.5, 0.6) is 0 Å². The number of nitrogens with zero attached hydrogens (tertiary/aromatic N) is 3. The molecule has 1 heterocycles. The second kappa shape index (κ2) is 7.51. The molecule has 0 unspecified atom stereocenters. The van der Waals surface area contributed by atoms with E-state index in [2.05, 4.69) is 51.1 Å². The van der Waals surface area contributed by atoms with Crippen LogP contribution in [0.25, 0.3) is 0 Å². The molecule has 0 radical (unpaired) electrons. The standard InChI is InChI=1S/C19H27N5/c1-20-18(21-12-16-13-23-24(2)14-16)22-15-19(10-6-7-11-19)17-8-4-3-5-9-17/h3-5,8-9,13-14H,6-7,10-12,15H2,1-2H3,(H2,20,21,22). The van der Waals surface area contributed by atoms with Gasteiger partial charge in [0.15, 0.2) is 5.96 Å². The molecule has 0 atom stereocenters. The molecule has 1 fully saturated rings. The highest BCUT2D eigenvalue weighted by atomic mass is 15.2. The summed E-state index contributed by atoms with van der Waals surface area (Å²) < 4.78 is 1.82. The number of rotatable bonds is 5. The second-order valence-corrected chi connectivity index (χ2v) is 6.66. The zero-order valence-electron chi connectivity index (χ0n) is 14.6. The summed E-state index contributed by atoms with van der Waals surface area (Å²) in [6.45, 7) is 1.65. The van der Waals surface area contributed by atoms with Gasteiger partial charge in [0.05, 0.1) is 6.20 Å². The Morgan fingerprint density at radius 1 is 1.21 bits per heavy atom. The number of hydrogen-bond donors (Lipinski definition) is 2. The minimum absolute atomic E-state index is 0.229. The molecule has 0 amide bonds. The molecular weight excluding hydrogens is 298 g/mol. The van der Waals surface area contributed by atoms with Crippen LogP contribution < -0.4 is 10.6 Å². The molecule has 128 valence electrons. The molecule has 3 rings (SSSR count). The fraction of sp³-hybridized carbons (Fsp3) is 0.474. The molecule has 2 aromatic rings. The maximum Gasteiger partial charge on any atom is 0.191 e. The first-order chi connectivity index (χ1) is 11.7. The topological polar surface area (TPSA) is 54.2 Å². The Kier molecular flexibility index (Phi) is 5.18. The highest BCUT2D eigenvalue weighted by Gasteiger charge is 2.35. The van der Waals surface area contributed by atoms with E-state index in [9.17, 15) is 0 Å². The Morgan fingerprint density at radius 3 is 2.58 bits per heavy atom. The normalized spacial score (nSPS) is 17.0. The van der Waals surface area contributed by atoms with Crippen LogP contribution in [-0.2, 0) is 19.0 Å². The van der Waals surface area contributed by atoms with Crippen LogP contribution in [0.3, 0.4) is 0 Å². The van der Waals surface area contributed by atoms with Crippen molar-refractivity contribution in [2.24, 2.45) is 12.0 Å². The van der Waals surface area contributed by atoms with Gasteiger partial charge in [0.1, 0.15) is 0 Å². The van der Waals surface area contributed by atoms with Gasteiger partial charge in [-0.3, -0.25) is 9.67 Å². The molecule has 1 aliphatic carbocycles. The van der Waals surface area contributed by atoms with Gasteiger partial charge in [0.2, 0.25) is 0 Å². The average molecular weight is 325 g/mol. The van der Waals surface area contributed by atoms with Crippen LogP contribution in [0.4, 0.5) is 0 Å². The highest BCUT2D eigenvalue weighted by molar-refractivity contribution is 5.79. The molecule has 1 aliphatic rings. The Bertz CT molecular complexity index is 668. The van der Waals surface area contributed by atoms with Crippen LogP contribution in [0, 0.1) is 0 Å². The molecular formula is C19H27N5. The quantitative estimate of drug-likeness (QED) is 0.656. The third kappa shape index (κ3) is 3.78. The zero-order valence-corrected chi connectivity index (χ0v) is 14.6. The zero-order chi connectivity index (χ0) is 16.8. The van der Waals surface area contributed by atoms with Gasteiger partial charge < -0.3 is 10.6 Å². The maximum atomic E-state index is 4.36. The molecule has 0 saturated heterocycles. The summed E-state index contributed by atoms with van der Waals surface area (Å²) in [7, 11) is 3.75. The Balaban J connectivity index is 1.61. The first-order valence-electron chi connectivity index (χ1n) is 8.69. The summed E-state index contributed by atoms with van der Waals surface area (Å²) in [6, 6.07) is 10.9. The van der Waals surface area contributed by atoms with E-state index in [1.807, 2.05) is 31.2 Å². The smallest absolute Gasteiger partial charge is 0.191 e. The number of benzene rings is 1. The van der Waals surface area contributed by atoms with E-state index in [0.29, 0.717) is 0 Å². The van der Waals surface area contributed by atoms with Gasteiger partial charge >= 0.3 is 0 Å². The summed E-state index contributed by atoms with van der Waals surface area (Å²) in [6.07, 6.45) is 8.98. The summed E-state index contributed by atoms with van der Waals surface area (Å²) in [4.78, 5) is 4.36. The monoisotopic (exact) mass is 325 g/mol. The van der Waals surface area contributed by atoms with Crippen LogP contribution in [0.2, 0.25) is 0 Å². The Labute approximate surface area is 144 Å². The Hall–Kier alpha value is -2.30. The van der Waals surface area contributed by atoms with Gasteiger partial charge in [0, 0.05) is 44.4 Å². The SMILES string of the molecule is CN=C(NCc1cnn(C)c1)NCC1(c2ccccc2)CCCC1. The molecule has 1 saturated carbocycles. The van der Waals surface area contributed by atoms with Crippen LogP contribution in [-0.4, -0.2) is 29.3 Å². The summed E-state index contributed by atoms with van der Waals surface area (Å²) in [5.74, 6) is 0.848. The molecule has 0 bridgehead atoms. The van der Waals surface area contributed by atoms with Crippen molar-refractivity contribution in [1.29, 1.82) is 0 Å². The van der Waals surface area contributed by atoms with Crippen LogP contribution in [0.15, 0.2) is 47.7 Å². The number of aryl methyl sites for hydroxylation is 1. The lowest BCUT2D eigenvalue weighted by Gasteiger charge is -2.30. The first kappa shape index (κ1) is 16.6. The van der Waals surface area contributed by atoms with E-state index < -0.39 is 0 Å². The van der Waals surface area contributed by atoms with Crippen molar-refractivity contribution >= 4 is 5.96 Å². The minimum Gasteiger partial charge on any atom is -0.356 e. The Morgan fingerprint density at radius 2 is 1.96 bits per heavy atom. The van der Waals surface area contributed by atoms with Gasteiger partial charge in [-0.1, -0.05) is 43.2 Å². The molecule has 2 N–H and O–H groups in total. The number of aromatic nitrogens is 2. The van der Waals surface area contributed by atoms with Crippen molar-refractivity contribution < 1.29 is 0 Å². The molecule has 5 heteroatoms. The molecule has 1 aromatic heterocycles. The number of guanidine groups is 1. The maximum absolute atomic E-state index is 4.36. The first-order valence-corrected chi connectivity index (χ1v) is 8.69. The molecule has 0 aliphatic heterocycles. The van der Waals surface area contributed by atoms with Gasteiger partial charge in [-0.25, -0.2) is 0 Å². The fourth-order valence-electron chi connectivity index (χ4n) is 3.63. The third-order valence-corrected chi connectivity index (χ3v) is 4.98. The van der Waals surface area contributed by atoms with Crippen LogP contribution >= 0.6 is 0 Å². The third-order valence-electron chi connectivity index (χ3n) is 4.98. The molecule has 0 spiro atoms. The van der Waals surface area contributed by atoms with Gasteiger partial charge in [-0.2, -0.15) is 5.10 Å². The van der Waals surface area contributed by atoms with Gasteiger partial charge in [0.25, 0.3) is 0 Å². The average Bonchev–Trinajstić information content (AvgIpc) is 3.26. The van der Waals surface area contributed by atoms with Crippen molar-refractivity contribution in [3.05, 3.63) is 53.9 Å². The van der Waals surface area contributed by atoms with E-state index in [1.54, 1.807) is 0 Å². The number of aliphatic imine (C=N–C) groups is 1. The summed E-state index contributed by atoms with van der Waals surface area (Å²) in [5.41, 5.74) is 2.82. The van der Waals surface area contributed by atoms with Gasteiger partial charge in [-0.15, -0.1) is 0 Å². The second-order valence-electron chi connectivity index (χ2n) is 6.66. The lowest BCUT2D eigenvalue weighted by molar-refractivity contribution is 0.431. The molecule has 1 aromatic carbocycles. The van der Waals surface area contributed by atoms with Crippen molar-refractivity contribution in [3.63, 3.8) is 0 Å². The highest BCUT2D eigenvalue weighted by Crippen LogP contribution is 2.40. The van der Waals surface area contributed by atoms with Gasteiger partial charge in [-0.05, 0) is 18.4 Å². The van der Waals surface area contributed by atoms with Crippen molar-refractivity contribution in [3.8, 4) is 0 Å². The predicted octanol–water partition coefficient (Wildman–Crippen LogP) is 2.60. The minimum atomic E-state index is 0.229. The van der Waals surface area contributed by atoms with Crippen molar-refractivity contribution in [2.75, 3.05) is 13.6 Å². The van der Waals surface area contributed by atoms with Crippen molar-refractivity contribution in [2.45, 2.75) is 37.6 Å². The summed E-state index contributed by atoms with van der Waals surface area (Å²) >= 11 is 0. The summed E-state index contributed by atoms with van der Waals surface area (Å²) in [5, 5.41) is 11.1. The van der Waals surface area contributed by atoms with E-state index in [0.717, 1.165) is 24.6 Å². The molecule has 5 nitrogen and oxygen atoms in total. The van der Waals surface area contributed by atoms with Crippen molar-refractivity contribution in [1.82, 2.24) is 20.4 Å². The predicted molar refractivity (Wildman–Crippen MR) is 98.0 cm³/mol. The molecule has 24 heavy (non-hydrogen) atoms. The number of hydrogen-bond acceptors (Lipinski definition) is 2. The van der Waals surface area contributed by atoms with Crippen LogP contribution in [0.1, 0.15) is 36.8 Å². The van der Waals surface area contributed by atoms with E-state index in [4.69, 9.17) is 0 Å². The largest absolute Gasteiger partial charge is 0.356 e. The number of nitrogens with one attached hydrogen (secondary N) is 2. The van der Waals surface area contributed by atoms with E-state index in [1.165, 1.54) is 31.2 Å². The fourth-order valence-corrected chi connectivity index (χ4v) is 3.63. The lowest BCUT2D eigenvalue weighted by Crippen LogP contribution is -2.44. The van der Waals surface area contributed by atoms with E-state index in [-0.39, 0.29) is 5.41 Å². The van der Waals surface area contributed by atoms with E-state index >= 15 is 0 Å².